The summed E-state index contributed by atoms with van der Waals surface area (Å²) in [5, 5.41) is 11.6. The molecule has 1 aromatic rings. The van der Waals surface area contributed by atoms with E-state index in [0.29, 0.717) is 12.1 Å². The molecule has 1 aromatic carbocycles. The normalized spacial score (nSPS) is 19.2. The van der Waals surface area contributed by atoms with E-state index in [9.17, 15) is 4.79 Å². The SMILES string of the molecule is O=C1OC(NCCO)c2ccccc21. The van der Waals surface area contributed by atoms with Crippen LogP contribution in [-0.2, 0) is 4.74 Å². The van der Waals surface area contributed by atoms with Crippen molar-refractivity contribution in [2.75, 3.05) is 13.2 Å². The van der Waals surface area contributed by atoms with Gasteiger partial charge in [-0.2, -0.15) is 0 Å². The molecule has 0 spiro atoms. The van der Waals surface area contributed by atoms with Crippen molar-refractivity contribution in [2.45, 2.75) is 6.23 Å². The van der Waals surface area contributed by atoms with E-state index < -0.39 is 6.23 Å². The van der Waals surface area contributed by atoms with Crippen LogP contribution in [0.4, 0.5) is 0 Å². The molecule has 0 aliphatic carbocycles. The molecule has 4 heteroatoms. The lowest BCUT2D eigenvalue weighted by molar-refractivity contribution is 0.0297. The molecule has 1 aliphatic rings. The second kappa shape index (κ2) is 3.77. The van der Waals surface area contributed by atoms with E-state index in [4.69, 9.17) is 9.84 Å². The number of aliphatic hydroxyl groups excluding tert-OH is 1. The molecule has 4 nitrogen and oxygen atoms in total. The number of carbonyl (C=O) groups is 1. The summed E-state index contributed by atoms with van der Waals surface area (Å²) in [6.45, 7) is 0.433. The molecule has 74 valence electrons. The zero-order valence-corrected chi connectivity index (χ0v) is 7.56. The first kappa shape index (κ1) is 9.18. The number of aliphatic hydroxyl groups is 1. The molecule has 0 aromatic heterocycles. The summed E-state index contributed by atoms with van der Waals surface area (Å²) in [5.41, 5.74) is 1.44. The van der Waals surface area contributed by atoms with Gasteiger partial charge in [-0.15, -0.1) is 0 Å². The Hall–Kier alpha value is -1.39. The van der Waals surface area contributed by atoms with Gasteiger partial charge in [-0.3, -0.25) is 5.32 Å². The van der Waals surface area contributed by atoms with E-state index in [1.54, 1.807) is 12.1 Å². The summed E-state index contributed by atoms with van der Waals surface area (Å²) in [6, 6.07) is 7.23. The van der Waals surface area contributed by atoms with Crippen LogP contribution in [-0.4, -0.2) is 24.2 Å². The zero-order chi connectivity index (χ0) is 9.97. The summed E-state index contributed by atoms with van der Waals surface area (Å²) in [7, 11) is 0. The van der Waals surface area contributed by atoms with E-state index >= 15 is 0 Å². The average molecular weight is 193 g/mol. The number of esters is 1. The van der Waals surface area contributed by atoms with Gasteiger partial charge in [0.2, 0.25) is 0 Å². The monoisotopic (exact) mass is 193 g/mol. The lowest BCUT2D eigenvalue weighted by Crippen LogP contribution is -2.24. The van der Waals surface area contributed by atoms with Gasteiger partial charge in [0.25, 0.3) is 0 Å². The number of fused-ring (bicyclic) bond motifs is 1. The van der Waals surface area contributed by atoms with Gasteiger partial charge in [0.15, 0.2) is 6.23 Å². The number of ether oxygens (including phenoxy) is 1. The molecule has 0 fully saturated rings. The Morgan fingerprint density at radius 2 is 2.21 bits per heavy atom. The number of hydrogen-bond acceptors (Lipinski definition) is 4. The number of carbonyl (C=O) groups excluding carboxylic acids is 1. The average Bonchev–Trinajstić information content (AvgIpc) is 2.54. The number of benzene rings is 1. The summed E-state index contributed by atoms with van der Waals surface area (Å²) in [4.78, 5) is 11.3. The van der Waals surface area contributed by atoms with Crippen molar-refractivity contribution in [1.82, 2.24) is 5.32 Å². The molecule has 0 saturated carbocycles. The first-order valence-corrected chi connectivity index (χ1v) is 4.47. The Labute approximate surface area is 81.5 Å². The molecule has 2 N–H and O–H groups in total. The minimum absolute atomic E-state index is 0.0240. The predicted octanol–water partition coefficient (Wildman–Crippen LogP) is 0.438. The molecule has 0 saturated heterocycles. The smallest absolute Gasteiger partial charge is 0.340 e. The topological polar surface area (TPSA) is 58.6 Å². The zero-order valence-electron chi connectivity index (χ0n) is 7.56. The van der Waals surface area contributed by atoms with Crippen molar-refractivity contribution in [3.63, 3.8) is 0 Å². The van der Waals surface area contributed by atoms with Gasteiger partial charge < -0.3 is 9.84 Å². The summed E-state index contributed by atoms with van der Waals surface area (Å²) < 4.78 is 5.07. The van der Waals surface area contributed by atoms with Gasteiger partial charge in [-0.1, -0.05) is 18.2 Å². The minimum Gasteiger partial charge on any atom is -0.439 e. The molecule has 2 rings (SSSR count). The maximum Gasteiger partial charge on any atom is 0.340 e. The highest BCUT2D eigenvalue weighted by Gasteiger charge is 2.29. The van der Waals surface area contributed by atoms with Crippen LogP contribution in [0.1, 0.15) is 22.1 Å². The largest absolute Gasteiger partial charge is 0.439 e. The highest BCUT2D eigenvalue weighted by molar-refractivity contribution is 5.93. The van der Waals surface area contributed by atoms with E-state index in [1.165, 1.54) is 0 Å². The lowest BCUT2D eigenvalue weighted by atomic mass is 10.1. The van der Waals surface area contributed by atoms with Crippen LogP contribution in [0.5, 0.6) is 0 Å². The highest BCUT2D eigenvalue weighted by Crippen LogP contribution is 2.27. The third kappa shape index (κ3) is 1.49. The predicted molar refractivity (Wildman–Crippen MR) is 49.7 cm³/mol. The summed E-state index contributed by atoms with van der Waals surface area (Å²) >= 11 is 0. The van der Waals surface area contributed by atoms with Crippen molar-refractivity contribution in [2.24, 2.45) is 0 Å². The molecule has 0 radical (unpaired) electrons. The van der Waals surface area contributed by atoms with Crippen LogP contribution in [0.25, 0.3) is 0 Å². The van der Waals surface area contributed by atoms with Gasteiger partial charge in [-0.05, 0) is 6.07 Å². The molecular weight excluding hydrogens is 182 g/mol. The van der Waals surface area contributed by atoms with Gasteiger partial charge in [0.05, 0.1) is 12.2 Å². The van der Waals surface area contributed by atoms with Crippen molar-refractivity contribution < 1.29 is 14.6 Å². The second-order valence-electron chi connectivity index (χ2n) is 3.05. The molecule has 1 heterocycles. The lowest BCUT2D eigenvalue weighted by Gasteiger charge is -2.11. The first-order valence-electron chi connectivity index (χ1n) is 4.47. The van der Waals surface area contributed by atoms with E-state index in [1.807, 2.05) is 12.1 Å². The maximum absolute atomic E-state index is 11.3. The molecule has 0 amide bonds. The standard InChI is InChI=1S/C10H11NO3/c12-6-5-11-9-7-3-1-2-4-8(7)10(13)14-9/h1-4,9,11-12H,5-6H2. The molecule has 1 unspecified atom stereocenters. The van der Waals surface area contributed by atoms with Crippen molar-refractivity contribution in [3.05, 3.63) is 35.4 Å². The van der Waals surface area contributed by atoms with Crippen LogP contribution in [0.3, 0.4) is 0 Å². The number of rotatable bonds is 3. The van der Waals surface area contributed by atoms with Crippen LogP contribution >= 0.6 is 0 Å². The minimum atomic E-state index is -0.411. The Kier molecular flexibility index (Phi) is 2.47. The number of nitrogens with one attached hydrogen (secondary N) is 1. The van der Waals surface area contributed by atoms with Crippen LogP contribution in [0, 0.1) is 0 Å². The second-order valence-corrected chi connectivity index (χ2v) is 3.05. The molecule has 1 aliphatic heterocycles. The third-order valence-electron chi connectivity index (χ3n) is 2.13. The fraction of sp³-hybridized carbons (Fsp3) is 0.300. The van der Waals surface area contributed by atoms with Gasteiger partial charge in [0, 0.05) is 12.1 Å². The molecule has 0 bridgehead atoms. The maximum atomic E-state index is 11.3. The Morgan fingerprint density at radius 3 is 3.00 bits per heavy atom. The Morgan fingerprint density at radius 1 is 1.43 bits per heavy atom. The Bertz CT molecular complexity index is 351. The number of hydrogen-bond donors (Lipinski definition) is 2. The van der Waals surface area contributed by atoms with Gasteiger partial charge >= 0.3 is 5.97 Å². The first-order chi connectivity index (χ1) is 6.83. The summed E-state index contributed by atoms with van der Waals surface area (Å²) in [5.74, 6) is -0.309. The third-order valence-corrected chi connectivity index (χ3v) is 2.13. The van der Waals surface area contributed by atoms with E-state index in [-0.39, 0.29) is 12.6 Å². The van der Waals surface area contributed by atoms with Crippen molar-refractivity contribution in [3.8, 4) is 0 Å². The van der Waals surface area contributed by atoms with Gasteiger partial charge in [-0.25, -0.2) is 4.79 Å². The quantitative estimate of drug-likeness (QED) is 0.684. The van der Waals surface area contributed by atoms with Crippen molar-refractivity contribution in [1.29, 1.82) is 0 Å². The fourth-order valence-electron chi connectivity index (χ4n) is 1.49. The van der Waals surface area contributed by atoms with Crippen LogP contribution < -0.4 is 5.32 Å². The molecule has 1 atom stereocenters. The van der Waals surface area contributed by atoms with E-state index in [0.717, 1.165) is 5.56 Å². The summed E-state index contributed by atoms with van der Waals surface area (Å²) in [6.07, 6.45) is -0.411. The molecular formula is C10H11NO3. The van der Waals surface area contributed by atoms with Gasteiger partial charge in [0.1, 0.15) is 0 Å². The highest BCUT2D eigenvalue weighted by atomic mass is 16.6. The van der Waals surface area contributed by atoms with Crippen molar-refractivity contribution >= 4 is 5.97 Å². The molecule has 14 heavy (non-hydrogen) atoms. The van der Waals surface area contributed by atoms with E-state index in [2.05, 4.69) is 5.32 Å². The number of cyclic esters (lactones) is 1. The Balaban J connectivity index is 2.21. The van der Waals surface area contributed by atoms with Crippen LogP contribution in [0.2, 0.25) is 0 Å². The fourth-order valence-corrected chi connectivity index (χ4v) is 1.49. The van der Waals surface area contributed by atoms with Crippen LogP contribution in [0.15, 0.2) is 24.3 Å².